The Bertz CT molecular complexity index is 364. The van der Waals surface area contributed by atoms with E-state index in [0.717, 1.165) is 25.7 Å². The quantitative estimate of drug-likeness (QED) is 0.782. The Morgan fingerprint density at radius 1 is 1.37 bits per heavy atom. The second-order valence-electron chi connectivity index (χ2n) is 7.38. The molecule has 0 saturated heterocycles. The van der Waals surface area contributed by atoms with E-state index < -0.39 is 5.60 Å². The Morgan fingerprint density at radius 3 is 2.79 bits per heavy atom. The topological polar surface area (TPSA) is 37.3 Å². The highest BCUT2D eigenvalue weighted by Crippen LogP contribution is 2.55. The Kier molecular flexibility index (Phi) is 4.20. The minimum absolute atomic E-state index is 0.244. The van der Waals surface area contributed by atoms with Crippen LogP contribution in [0.1, 0.15) is 65.7 Å². The fraction of sp³-hybridized carbons (Fsp3) is 0.824. The van der Waals surface area contributed by atoms with Gasteiger partial charge in [-0.3, -0.25) is 4.79 Å². The number of rotatable bonds is 4. The van der Waals surface area contributed by atoms with Crippen molar-refractivity contribution in [1.82, 2.24) is 0 Å². The van der Waals surface area contributed by atoms with E-state index in [-0.39, 0.29) is 5.41 Å². The van der Waals surface area contributed by atoms with E-state index in [4.69, 9.17) is 0 Å². The van der Waals surface area contributed by atoms with Crippen LogP contribution in [0.3, 0.4) is 0 Å². The minimum atomic E-state index is -0.612. The zero-order valence-electron chi connectivity index (χ0n) is 12.6. The second-order valence-corrected chi connectivity index (χ2v) is 7.38. The van der Waals surface area contributed by atoms with Crippen molar-refractivity contribution >= 4 is 5.78 Å². The minimum Gasteiger partial charge on any atom is -0.390 e. The summed E-state index contributed by atoms with van der Waals surface area (Å²) < 4.78 is 0. The molecule has 2 aliphatic carbocycles. The number of Topliss-reactive ketones (excluding diaryl/α,β-unsaturated/α-hetero) is 1. The summed E-state index contributed by atoms with van der Waals surface area (Å²) in [5.41, 5.74) is -0.367. The molecule has 0 aromatic heterocycles. The Hall–Kier alpha value is -0.630. The first-order valence-electron chi connectivity index (χ1n) is 7.73. The molecule has 0 radical (unpaired) electrons. The maximum absolute atomic E-state index is 12.0. The molecule has 0 aromatic rings. The zero-order valence-corrected chi connectivity index (χ0v) is 12.6. The van der Waals surface area contributed by atoms with E-state index in [1.165, 1.54) is 12.8 Å². The molecule has 0 aliphatic heterocycles. The highest BCUT2D eigenvalue weighted by Gasteiger charge is 2.50. The summed E-state index contributed by atoms with van der Waals surface area (Å²) in [6, 6.07) is 0. The molecule has 2 saturated carbocycles. The van der Waals surface area contributed by atoms with Crippen molar-refractivity contribution in [3.63, 3.8) is 0 Å². The van der Waals surface area contributed by atoms with Crippen LogP contribution in [0.15, 0.2) is 12.2 Å². The summed E-state index contributed by atoms with van der Waals surface area (Å²) >= 11 is 0. The molecule has 2 fully saturated rings. The van der Waals surface area contributed by atoms with E-state index in [1.54, 1.807) is 0 Å². The fourth-order valence-corrected chi connectivity index (χ4v) is 4.06. The van der Waals surface area contributed by atoms with E-state index in [2.05, 4.69) is 19.1 Å². The number of aliphatic hydroxyl groups is 1. The summed E-state index contributed by atoms with van der Waals surface area (Å²) in [5, 5.41) is 9.69. The van der Waals surface area contributed by atoms with Gasteiger partial charge in [-0.1, -0.05) is 19.1 Å². The summed E-state index contributed by atoms with van der Waals surface area (Å²) in [5.74, 6) is 1.49. The third kappa shape index (κ3) is 3.28. The molecular formula is C17H28O2. The molecule has 0 amide bonds. The molecule has 19 heavy (non-hydrogen) atoms. The van der Waals surface area contributed by atoms with Gasteiger partial charge < -0.3 is 5.11 Å². The highest BCUT2D eigenvalue weighted by molar-refractivity contribution is 5.83. The maximum Gasteiger partial charge on any atom is 0.136 e. The van der Waals surface area contributed by atoms with Crippen molar-refractivity contribution in [2.75, 3.05) is 0 Å². The molecule has 0 heterocycles. The van der Waals surface area contributed by atoms with Crippen LogP contribution in [0.4, 0.5) is 0 Å². The average Bonchev–Trinajstić information content (AvgIpc) is 2.62. The van der Waals surface area contributed by atoms with Gasteiger partial charge in [0.05, 0.1) is 5.60 Å². The van der Waals surface area contributed by atoms with E-state index in [1.807, 2.05) is 13.8 Å². The van der Waals surface area contributed by atoms with Crippen LogP contribution in [0.5, 0.6) is 0 Å². The van der Waals surface area contributed by atoms with Gasteiger partial charge in [0.25, 0.3) is 0 Å². The average molecular weight is 264 g/mol. The van der Waals surface area contributed by atoms with E-state index in [0.29, 0.717) is 24.0 Å². The van der Waals surface area contributed by atoms with Crippen molar-refractivity contribution < 1.29 is 9.90 Å². The lowest BCUT2D eigenvalue weighted by molar-refractivity contribution is -0.129. The summed E-state index contributed by atoms with van der Waals surface area (Å²) in [4.78, 5) is 12.0. The number of allylic oxidation sites excluding steroid dienone is 1. The molecule has 108 valence electrons. The molecule has 0 bridgehead atoms. The first-order valence-corrected chi connectivity index (χ1v) is 7.73. The van der Waals surface area contributed by atoms with Crippen molar-refractivity contribution in [2.24, 2.45) is 17.3 Å². The van der Waals surface area contributed by atoms with Crippen LogP contribution in [-0.4, -0.2) is 16.5 Å². The predicted octanol–water partition coefficient (Wildman–Crippen LogP) is 3.88. The fourth-order valence-electron chi connectivity index (χ4n) is 4.06. The van der Waals surface area contributed by atoms with Gasteiger partial charge in [0, 0.05) is 12.3 Å². The molecule has 2 rings (SSSR count). The maximum atomic E-state index is 12.0. The van der Waals surface area contributed by atoms with E-state index >= 15 is 0 Å². The second kappa shape index (κ2) is 5.40. The third-order valence-electron chi connectivity index (χ3n) is 5.26. The first kappa shape index (κ1) is 14.8. The Morgan fingerprint density at radius 2 is 2.11 bits per heavy atom. The predicted molar refractivity (Wildman–Crippen MR) is 77.9 cm³/mol. The number of ketones is 1. The molecule has 3 unspecified atom stereocenters. The highest BCUT2D eigenvalue weighted by atomic mass is 16.3. The van der Waals surface area contributed by atoms with Crippen LogP contribution < -0.4 is 0 Å². The van der Waals surface area contributed by atoms with Crippen LogP contribution in [0.2, 0.25) is 0 Å². The molecule has 3 atom stereocenters. The van der Waals surface area contributed by atoms with Crippen LogP contribution >= 0.6 is 0 Å². The molecule has 2 heteroatoms. The van der Waals surface area contributed by atoms with Crippen LogP contribution in [-0.2, 0) is 4.79 Å². The smallest absolute Gasteiger partial charge is 0.136 e. The molecule has 0 aromatic carbocycles. The van der Waals surface area contributed by atoms with Gasteiger partial charge in [0.1, 0.15) is 5.78 Å². The van der Waals surface area contributed by atoms with Gasteiger partial charge in [-0.2, -0.15) is 0 Å². The zero-order chi connectivity index (χ0) is 14.1. The lowest BCUT2D eigenvalue weighted by Crippen LogP contribution is -2.37. The molecule has 1 N–H and O–H groups in total. The number of carbonyl (C=O) groups is 1. The molecule has 0 spiro atoms. The van der Waals surface area contributed by atoms with Gasteiger partial charge in [-0.15, -0.1) is 0 Å². The largest absolute Gasteiger partial charge is 0.390 e. The molecule has 2 nitrogen and oxygen atoms in total. The number of carbonyl (C=O) groups excluding carboxylic acids is 1. The van der Waals surface area contributed by atoms with Gasteiger partial charge in [0.2, 0.25) is 0 Å². The monoisotopic (exact) mass is 264 g/mol. The van der Waals surface area contributed by atoms with Gasteiger partial charge >= 0.3 is 0 Å². The standard InChI is InChI=1S/C17H28O2/c1-16(2,19)11-5-4-7-13-9-10-14-15(18)8-6-12-17(13,14)3/h4-5,13-14,19H,6-12H2,1-3H3/b5-4+. The van der Waals surface area contributed by atoms with Crippen molar-refractivity contribution in [3.8, 4) is 0 Å². The van der Waals surface area contributed by atoms with Gasteiger partial charge in [0.15, 0.2) is 0 Å². The first-order chi connectivity index (χ1) is 8.83. The van der Waals surface area contributed by atoms with Crippen LogP contribution in [0.25, 0.3) is 0 Å². The normalized spacial score (nSPS) is 35.9. The van der Waals surface area contributed by atoms with Crippen molar-refractivity contribution in [3.05, 3.63) is 12.2 Å². The third-order valence-corrected chi connectivity index (χ3v) is 5.26. The van der Waals surface area contributed by atoms with Crippen molar-refractivity contribution in [2.45, 2.75) is 71.3 Å². The number of hydrogen-bond acceptors (Lipinski definition) is 2. The van der Waals surface area contributed by atoms with Crippen molar-refractivity contribution in [1.29, 1.82) is 0 Å². The van der Waals surface area contributed by atoms with Crippen LogP contribution in [0, 0.1) is 17.3 Å². The number of fused-ring (bicyclic) bond motifs is 1. The lowest BCUT2D eigenvalue weighted by atomic mass is 9.64. The summed E-state index contributed by atoms with van der Waals surface area (Å²) in [7, 11) is 0. The number of hydrogen-bond donors (Lipinski definition) is 1. The lowest BCUT2D eigenvalue weighted by Gasteiger charge is -2.39. The molecule has 2 aliphatic rings. The summed E-state index contributed by atoms with van der Waals surface area (Å²) in [6.45, 7) is 6.00. The Balaban J connectivity index is 1.93. The van der Waals surface area contributed by atoms with Gasteiger partial charge in [-0.25, -0.2) is 0 Å². The Labute approximate surface area is 117 Å². The van der Waals surface area contributed by atoms with E-state index in [9.17, 15) is 9.90 Å². The SMILES string of the molecule is CC(C)(O)C/C=C/CC1CCC2C(=O)CCCC12C. The van der Waals surface area contributed by atoms with Gasteiger partial charge in [-0.05, 0) is 63.7 Å². The molecular weight excluding hydrogens is 236 g/mol. The summed E-state index contributed by atoms with van der Waals surface area (Å²) in [6.07, 6.45) is 11.5.